The first-order valence-electron chi connectivity index (χ1n) is 5.34. The van der Waals surface area contributed by atoms with Crippen molar-refractivity contribution < 1.29 is 19.8 Å². The molecule has 0 aliphatic rings. The van der Waals surface area contributed by atoms with E-state index in [-0.39, 0.29) is 6.42 Å². The van der Waals surface area contributed by atoms with Crippen LogP contribution in [-0.2, 0) is 21.7 Å². The highest BCUT2D eigenvalue weighted by Crippen LogP contribution is 2.24. The Bertz CT molecular complexity index is 483. The van der Waals surface area contributed by atoms with Crippen LogP contribution in [0, 0.1) is 6.92 Å². The highest BCUT2D eigenvalue weighted by Gasteiger charge is 2.29. The van der Waals surface area contributed by atoms with E-state index in [0.29, 0.717) is 11.1 Å². The van der Waals surface area contributed by atoms with E-state index >= 15 is 0 Å². The molecule has 6 nitrogen and oxygen atoms in total. The molecule has 0 heterocycles. The molecule has 0 spiro atoms. The van der Waals surface area contributed by atoms with Crippen LogP contribution < -0.4 is 11.5 Å². The summed E-state index contributed by atoms with van der Waals surface area (Å²) in [6, 6.07) is 4.97. The van der Waals surface area contributed by atoms with Gasteiger partial charge in [0.1, 0.15) is 5.66 Å². The molecule has 0 fully saturated rings. The molecular weight excluding hydrogens is 236 g/mol. The second-order valence-electron chi connectivity index (χ2n) is 4.28. The zero-order valence-corrected chi connectivity index (χ0v) is 10.0. The molecule has 0 bridgehead atoms. The van der Waals surface area contributed by atoms with Gasteiger partial charge in [0.2, 0.25) is 0 Å². The standard InChI is InChI=1S/C12H16N2O4/c1-7-3-2-4-9(8(7)5-10(15)16)12(13,14)6-11(17)18/h2-4H,5-6,13-14H2,1H3,(H,15,16)(H,17,18). The number of hydrogen-bond donors (Lipinski definition) is 4. The van der Waals surface area contributed by atoms with E-state index in [1.807, 2.05) is 0 Å². The number of aryl methyl sites for hydroxylation is 1. The predicted octanol–water partition coefficient (Wildman–Crippen LogP) is 0.167. The monoisotopic (exact) mass is 252 g/mol. The maximum absolute atomic E-state index is 10.8. The zero-order chi connectivity index (χ0) is 13.9. The van der Waals surface area contributed by atoms with Gasteiger partial charge in [-0.05, 0) is 23.6 Å². The Kier molecular flexibility index (Phi) is 4.05. The van der Waals surface area contributed by atoms with Crippen molar-refractivity contribution in [2.24, 2.45) is 11.5 Å². The van der Waals surface area contributed by atoms with Crippen molar-refractivity contribution in [2.45, 2.75) is 25.4 Å². The predicted molar refractivity (Wildman–Crippen MR) is 64.8 cm³/mol. The summed E-state index contributed by atoms with van der Waals surface area (Å²) >= 11 is 0. The van der Waals surface area contributed by atoms with E-state index < -0.39 is 24.0 Å². The summed E-state index contributed by atoms with van der Waals surface area (Å²) < 4.78 is 0. The van der Waals surface area contributed by atoms with E-state index in [9.17, 15) is 9.59 Å². The van der Waals surface area contributed by atoms with Crippen LogP contribution in [0.3, 0.4) is 0 Å². The molecule has 0 aliphatic carbocycles. The van der Waals surface area contributed by atoms with Crippen LogP contribution in [-0.4, -0.2) is 22.2 Å². The van der Waals surface area contributed by atoms with Gasteiger partial charge in [-0.1, -0.05) is 18.2 Å². The number of rotatable bonds is 5. The van der Waals surface area contributed by atoms with E-state index in [4.69, 9.17) is 21.7 Å². The van der Waals surface area contributed by atoms with Gasteiger partial charge in [0, 0.05) is 0 Å². The number of aliphatic carboxylic acids is 2. The van der Waals surface area contributed by atoms with Crippen molar-refractivity contribution in [1.29, 1.82) is 0 Å². The van der Waals surface area contributed by atoms with Crippen LogP contribution in [0.2, 0.25) is 0 Å². The summed E-state index contributed by atoms with van der Waals surface area (Å²) in [6.07, 6.45) is -0.707. The number of nitrogens with two attached hydrogens (primary N) is 2. The quantitative estimate of drug-likeness (QED) is 0.553. The fourth-order valence-electron chi connectivity index (χ4n) is 1.87. The third-order valence-corrected chi connectivity index (χ3v) is 2.68. The van der Waals surface area contributed by atoms with Gasteiger partial charge >= 0.3 is 11.9 Å². The first-order valence-corrected chi connectivity index (χ1v) is 5.34. The van der Waals surface area contributed by atoms with Crippen LogP contribution in [0.15, 0.2) is 18.2 Å². The molecule has 0 aromatic heterocycles. The highest BCUT2D eigenvalue weighted by molar-refractivity contribution is 5.73. The van der Waals surface area contributed by atoms with E-state index in [0.717, 1.165) is 5.56 Å². The molecule has 1 rings (SSSR count). The summed E-state index contributed by atoms with van der Waals surface area (Å²) in [5, 5.41) is 17.6. The van der Waals surface area contributed by atoms with Gasteiger partial charge in [-0.15, -0.1) is 0 Å². The lowest BCUT2D eigenvalue weighted by atomic mass is 9.89. The second-order valence-corrected chi connectivity index (χ2v) is 4.28. The van der Waals surface area contributed by atoms with Crippen molar-refractivity contribution in [1.82, 2.24) is 0 Å². The Hall–Kier alpha value is -1.92. The van der Waals surface area contributed by atoms with Gasteiger partial charge in [0.15, 0.2) is 0 Å². The normalized spacial score (nSPS) is 11.3. The minimum Gasteiger partial charge on any atom is -0.481 e. The van der Waals surface area contributed by atoms with Crippen molar-refractivity contribution in [3.63, 3.8) is 0 Å². The van der Waals surface area contributed by atoms with Crippen molar-refractivity contribution in [2.75, 3.05) is 0 Å². The number of carbonyl (C=O) groups is 2. The summed E-state index contributed by atoms with van der Waals surface area (Å²) in [4.78, 5) is 21.6. The van der Waals surface area contributed by atoms with Gasteiger partial charge < -0.3 is 21.7 Å². The molecule has 0 atom stereocenters. The van der Waals surface area contributed by atoms with E-state index in [1.54, 1.807) is 25.1 Å². The third kappa shape index (κ3) is 3.28. The Balaban J connectivity index is 3.26. The number of benzene rings is 1. The first-order chi connectivity index (χ1) is 8.24. The molecule has 6 heteroatoms. The maximum atomic E-state index is 10.8. The van der Waals surface area contributed by atoms with Gasteiger partial charge in [0.05, 0.1) is 12.8 Å². The molecule has 6 N–H and O–H groups in total. The fraction of sp³-hybridized carbons (Fsp3) is 0.333. The molecule has 0 saturated carbocycles. The van der Waals surface area contributed by atoms with Crippen molar-refractivity contribution in [3.8, 4) is 0 Å². The average Bonchev–Trinajstić information content (AvgIpc) is 2.18. The highest BCUT2D eigenvalue weighted by atomic mass is 16.4. The lowest BCUT2D eigenvalue weighted by Gasteiger charge is -2.26. The molecule has 98 valence electrons. The smallest absolute Gasteiger partial charge is 0.307 e. The minimum atomic E-state index is -1.58. The summed E-state index contributed by atoms with van der Waals surface area (Å²) in [7, 11) is 0. The van der Waals surface area contributed by atoms with E-state index in [2.05, 4.69) is 0 Å². The van der Waals surface area contributed by atoms with Crippen LogP contribution in [0.4, 0.5) is 0 Å². The summed E-state index contributed by atoms with van der Waals surface area (Å²) in [5.41, 5.74) is 11.5. The molecule has 0 aliphatic heterocycles. The van der Waals surface area contributed by atoms with Gasteiger partial charge in [0.25, 0.3) is 0 Å². The molecule has 1 aromatic carbocycles. The number of hydrogen-bond acceptors (Lipinski definition) is 4. The SMILES string of the molecule is Cc1cccc(C(N)(N)CC(=O)O)c1CC(=O)O. The molecular formula is C12H16N2O4. The molecule has 0 amide bonds. The molecule has 0 radical (unpaired) electrons. The van der Waals surface area contributed by atoms with E-state index in [1.165, 1.54) is 0 Å². The zero-order valence-electron chi connectivity index (χ0n) is 10.0. The fourth-order valence-corrected chi connectivity index (χ4v) is 1.87. The Labute approximate surface area is 104 Å². The van der Waals surface area contributed by atoms with Gasteiger partial charge in [-0.2, -0.15) is 0 Å². The lowest BCUT2D eigenvalue weighted by molar-refractivity contribution is -0.138. The molecule has 18 heavy (non-hydrogen) atoms. The maximum Gasteiger partial charge on any atom is 0.307 e. The molecule has 0 saturated heterocycles. The number of carboxylic acid groups (broad SMARTS) is 2. The van der Waals surface area contributed by atoms with Gasteiger partial charge in [-0.3, -0.25) is 9.59 Å². The summed E-state index contributed by atoms with van der Waals surface area (Å²) in [6.45, 7) is 1.73. The molecule has 1 aromatic rings. The lowest BCUT2D eigenvalue weighted by Crippen LogP contribution is -2.48. The van der Waals surface area contributed by atoms with Crippen LogP contribution in [0.5, 0.6) is 0 Å². The van der Waals surface area contributed by atoms with Gasteiger partial charge in [-0.25, -0.2) is 0 Å². The Morgan fingerprint density at radius 2 is 1.83 bits per heavy atom. The topological polar surface area (TPSA) is 127 Å². The van der Waals surface area contributed by atoms with Crippen LogP contribution in [0.1, 0.15) is 23.1 Å². The molecule has 0 unspecified atom stereocenters. The van der Waals surface area contributed by atoms with Crippen molar-refractivity contribution >= 4 is 11.9 Å². The second kappa shape index (κ2) is 5.16. The average molecular weight is 252 g/mol. The first kappa shape index (κ1) is 14.1. The Morgan fingerprint density at radius 3 is 2.33 bits per heavy atom. The number of carboxylic acids is 2. The van der Waals surface area contributed by atoms with Crippen LogP contribution in [0.25, 0.3) is 0 Å². The largest absolute Gasteiger partial charge is 0.481 e. The van der Waals surface area contributed by atoms with Crippen LogP contribution >= 0.6 is 0 Å². The summed E-state index contributed by atoms with van der Waals surface area (Å²) in [5.74, 6) is -2.15. The Morgan fingerprint density at radius 1 is 1.22 bits per heavy atom. The third-order valence-electron chi connectivity index (χ3n) is 2.68. The minimum absolute atomic E-state index is 0.238. The van der Waals surface area contributed by atoms with Crippen molar-refractivity contribution in [3.05, 3.63) is 34.9 Å².